The largest absolute Gasteiger partial charge is 0.497 e. The number of hydrogen-bond acceptors (Lipinski definition) is 6. The van der Waals surface area contributed by atoms with Crippen LogP contribution in [0.4, 0.5) is 0 Å². The molecule has 0 fully saturated rings. The SMILES string of the molecule is COc1ccc([C@@H]2C3=C(N=c4s/c(=C/c5ccc(-c6ccc(C(C)=O)cc6)o5)c(=O)n42)c2ccccc2CC3)cc1. The number of thiazole rings is 1. The molecule has 2 aliphatic rings. The van der Waals surface area contributed by atoms with Gasteiger partial charge in [0.1, 0.15) is 17.3 Å². The van der Waals surface area contributed by atoms with Crippen LogP contribution in [0.25, 0.3) is 23.1 Å². The zero-order chi connectivity index (χ0) is 28.1. The minimum absolute atomic E-state index is 0.0187. The number of hydrogen-bond donors (Lipinski definition) is 0. The number of Topliss-reactive ketones (excluding diaryl/α,β-unsaturated/α-hetero) is 1. The first-order valence-corrected chi connectivity index (χ1v) is 14.3. The molecular weight excluding hydrogens is 532 g/mol. The minimum atomic E-state index is -0.255. The number of ketones is 1. The van der Waals surface area contributed by atoms with Crippen molar-refractivity contribution in [3.8, 4) is 17.1 Å². The number of ether oxygens (including phenoxy) is 1. The average Bonchev–Trinajstić information content (AvgIpc) is 3.60. The van der Waals surface area contributed by atoms with Crippen LogP contribution in [-0.2, 0) is 6.42 Å². The van der Waals surface area contributed by atoms with Crippen LogP contribution < -0.4 is 19.6 Å². The fourth-order valence-electron chi connectivity index (χ4n) is 5.69. The highest BCUT2D eigenvalue weighted by molar-refractivity contribution is 7.07. The van der Waals surface area contributed by atoms with Crippen LogP contribution in [0.1, 0.15) is 52.2 Å². The second kappa shape index (κ2) is 10.0. The topological polar surface area (TPSA) is 73.8 Å². The lowest BCUT2D eigenvalue weighted by molar-refractivity contribution is 0.101. The van der Waals surface area contributed by atoms with Crippen molar-refractivity contribution in [2.24, 2.45) is 4.99 Å². The van der Waals surface area contributed by atoms with E-state index in [2.05, 4.69) is 18.2 Å². The molecule has 7 rings (SSSR count). The molecule has 41 heavy (non-hydrogen) atoms. The third-order valence-corrected chi connectivity index (χ3v) is 8.76. The van der Waals surface area contributed by atoms with Crippen molar-refractivity contribution in [2.45, 2.75) is 25.8 Å². The highest BCUT2D eigenvalue weighted by Gasteiger charge is 2.32. The van der Waals surface area contributed by atoms with Gasteiger partial charge in [0.25, 0.3) is 5.56 Å². The second-order valence-corrected chi connectivity index (χ2v) is 11.2. The summed E-state index contributed by atoms with van der Waals surface area (Å²) in [6, 6.07) is 27.1. The van der Waals surface area contributed by atoms with Crippen molar-refractivity contribution in [1.29, 1.82) is 0 Å². The minimum Gasteiger partial charge on any atom is -0.497 e. The van der Waals surface area contributed by atoms with E-state index in [4.69, 9.17) is 14.1 Å². The highest BCUT2D eigenvalue weighted by Crippen LogP contribution is 2.41. The number of carbonyl (C=O) groups excluding carboxylic acids is 1. The van der Waals surface area contributed by atoms with Gasteiger partial charge in [-0.1, -0.05) is 72.0 Å². The van der Waals surface area contributed by atoms with Gasteiger partial charge >= 0.3 is 0 Å². The van der Waals surface area contributed by atoms with Crippen LogP contribution in [0.5, 0.6) is 5.75 Å². The first-order valence-electron chi connectivity index (χ1n) is 13.5. The molecule has 0 amide bonds. The van der Waals surface area contributed by atoms with E-state index in [1.165, 1.54) is 16.9 Å². The average molecular weight is 559 g/mol. The molecule has 0 N–H and O–H groups in total. The Morgan fingerprint density at radius 2 is 1.78 bits per heavy atom. The van der Waals surface area contributed by atoms with E-state index in [0.717, 1.165) is 46.6 Å². The third kappa shape index (κ3) is 4.39. The summed E-state index contributed by atoms with van der Waals surface area (Å²) in [6.07, 6.45) is 3.53. The smallest absolute Gasteiger partial charge is 0.271 e. The van der Waals surface area contributed by atoms with E-state index < -0.39 is 0 Å². The highest BCUT2D eigenvalue weighted by atomic mass is 32.1. The van der Waals surface area contributed by atoms with Crippen molar-refractivity contribution in [3.05, 3.63) is 138 Å². The Kier molecular flexibility index (Phi) is 6.16. The van der Waals surface area contributed by atoms with Crippen LogP contribution >= 0.6 is 11.3 Å². The van der Waals surface area contributed by atoms with Gasteiger partial charge in [0.05, 0.1) is 23.4 Å². The standard InChI is InChI=1S/C34H26N2O4S/c1-20(37)21-7-9-23(10-8-21)29-18-16-26(40-29)19-30-33(38)36-32(24-11-14-25(39-2)15-12-24)28-17-13-22-5-3-4-6-27(22)31(28)35-34(36)41-30/h3-12,14-16,18-19,32H,13,17H2,1-2H3/b30-19+/t32-/m1/s1. The van der Waals surface area contributed by atoms with Gasteiger partial charge < -0.3 is 9.15 Å². The molecule has 0 saturated carbocycles. The van der Waals surface area contributed by atoms with Gasteiger partial charge in [-0.2, -0.15) is 0 Å². The van der Waals surface area contributed by atoms with Gasteiger partial charge in [0.15, 0.2) is 10.6 Å². The fourth-order valence-corrected chi connectivity index (χ4v) is 6.67. The van der Waals surface area contributed by atoms with E-state index in [0.29, 0.717) is 26.4 Å². The predicted molar refractivity (Wildman–Crippen MR) is 160 cm³/mol. The Balaban J connectivity index is 1.35. The monoisotopic (exact) mass is 558 g/mol. The first-order chi connectivity index (χ1) is 20.0. The van der Waals surface area contributed by atoms with E-state index in [1.807, 2.05) is 59.2 Å². The number of aryl methyl sites for hydroxylation is 1. The number of allylic oxidation sites excluding steroid dienone is 1. The van der Waals surface area contributed by atoms with Gasteiger partial charge in [0, 0.05) is 22.8 Å². The molecule has 2 aromatic heterocycles. The summed E-state index contributed by atoms with van der Waals surface area (Å²) in [4.78, 5) is 31.4. The lowest BCUT2D eigenvalue weighted by atomic mass is 9.83. The maximum atomic E-state index is 14.0. The lowest BCUT2D eigenvalue weighted by Crippen LogP contribution is -2.38. The number of nitrogens with zero attached hydrogens (tertiary/aromatic N) is 2. The van der Waals surface area contributed by atoms with E-state index in [-0.39, 0.29) is 17.4 Å². The molecule has 0 saturated heterocycles. The number of benzene rings is 3. The van der Waals surface area contributed by atoms with Gasteiger partial charge in [-0.15, -0.1) is 0 Å². The Morgan fingerprint density at radius 1 is 1.00 bits per heavy atom. The number of aromatic nitrogens is 1. The van der Waals surface area contributed by atoms with Gasteiger partial charge in [-0.05, 0) is 60.7 Å². The molecule has 202 valence electrons. The molecule has 0 unspecified atom stereocenters. The molecule has 3 aromatic carbocycles. The van der Waals surface area contributed by atoms with Crippen molar-refractivity contribution in [2.75, 3.05) is 7.11 Å². The molecule has 3 heterocycles. The molecule has 1 atom stereocenters. The summed E-state index contributed by atoms with van der Waals surface area (Å²) >= 11 is 1.38. The fraction of sp³-hybridized carbons (Fsp3) is 0.147. The van der Waals surface area contributed by atoms with Crippen LogP contribution in [0, 0.1) is 0 Å². The summed E-state index contributed by atoms with van der Waals surface area (Å²) in [5, 5.41) is 0. The van der Waals surface area contributed by atoms with E-state index in [9.17, 15) is 9.59 Å². The Labute approximate surface area is 240 Å². The molecule has 0 radical (unpaired) electrons. The summed E-state index contributed by atoms with van der Waals surface area (Å²) in [7, 11) is 1.65. The Hall–Kier alpha value is -4.75. The number of furan rings is 1. The number of carbonyl (C=O) groups is 1. The molecule has 7 heteroatoms. The second-order valence-electron chi connectivity index (χ2n) is 10.2. The van der Waals surface area contributed by atoms with Gasteiger partial charge in [-0.25, -0.2) is 4.99 Å². The van der Waals surface area contributed by atoms with Crippen LogP contribution in [0.2, 0.25) is 0 Å². The summed E-state index contributed by atoms with van der Waals surface area (Å²) < 4.78 is 13.9. The van der Waals surface area contributed by atoms with E-state index in [1.54, 1.807) is 32.2 Å². The maximum absolute atomic E-state index is 14.0. The molecule has 6 nitrogen and oxygen atoms in total. The number of methoxy groups -OCH3 is 1. The number of rotatable bonds is 5. The van der Waals surface area contributed by atoms with Crippen LogP contribution in [-0.4, -0.2) is 17.5 Å². The van der Waals surface area contributed by atoms with Crippen LogP contribution in [0.3, 0.4) is 0 Å². The molecule has 0 bridgehead atoms. The van der Waals surface area contributed by atoms with Crippen molar-refractivity contribution >= 4 is 28.9 Å². The molecule has 0 spiro atoms. The molecule has 1 aliphatic heterocycles. The Bertz CT molecular complexity index is 2030. The molecule has 1 aliphatic carbocycles. The molecular formula is C34H26N2O4S. The van der Waals surface area contributed by atoms with Crippen molar-refractivity contribution < 1.29 is 13.9 Å². The van der Waals surface area contributed by atoms with Crippen LogP contribution in [0.15, 0.2) is 105 Å². The van der Waals surface area contributed by atoms with Crippen molar-refractivity contribution in [3.63, 3.8) is 0 Å². The zero-order valence-electron chi connectivity index (χ0n) is 22.6. The first kappa shape index (κ1) is 25.2. The quantitative estimate of drug-likeness (QED) is 0.256. The Morgan fingerprint density at radius 3 is 2.54 bits per heavy atom. The molecule has 5 aromatic rings. The van der Waals surface area contributed by atoms with E-state index >= 15 is 0 Å². The lowest BCUT2D eigenvalue weighted by Gasteiger charge is -2.30. The number of fused-ring (bicyclic) bond motifs is 3. The predicted octanol–water partition coefficient (Wildman–Crippen LogP) is 5.79. The summed E-state index contributed by atoms with van der Waals surface area (Å²) in [5.74, 6) is 2.04. The summed E-state index contributed by atoms with van der Waals surface area (Å²) in [6.45, 7) is 1.55. The zero-order valence-corrected chi connectivity index (χ0v) is 23.4. The van der Waals surface area contributed by atoms with Gasteiger partial charge in [-0.3, -0.25) is 14.2 Å². The normalized spacial score (nSPS) is 16.0. The van der Waals surface area contributed by atoms with Gasteiger partial charge in [0.2, 0.25) is 0 Å². The third-order valence-electron chi connectivity index (χ3n) is 7.78. The maximum Gasteiger partial charge on any atom is 0.271 e. The summed E-state index contributed by atoms with van der Waals surface area (Å²) in [5.41, 5.74) is 6.98. The van der Waals surface area contributed by atoms with Crippen molar-refractivity contribution in [1.82, 2.24) is 4.57 Å².